The van der Waals surface area contributed by atoms with Crippen LogP contribution < -0.4 is 11.1 Å². The zero-order valence-corrected chi connectivity index (χ0v) is 11.2. The van der Waals surface area contributed by atoms with Gasteiger partial charge in [-0.05, 0) is 18.2 Å². The Morgan fingerprint density at radius 2 is 2.40 bits per heavy atom. The molecule has 0 bridgehead atoms. The van der Waals surface area contributed by atoms with Crippen molar-refractivity contribution in [2.45, 2.75) is 12.5 Å². The van der Waals surface area contributed by atoms with Gasteiger partial charge in [-0.1, -0.05) is 11.6 Å². The van der Waals surface area contributed by atoms with Gasteiger partial charge in [0.2, 0.25) is 5.91 Å². The van der Waals surface area contributed by atoms with Crippen LogP contribution in [-0.4, -0.2) is 26.7 Å². The Morgan fingerprint density at radius 1 is 1.60 bits per heavy atom. The number of amides is 1. The molecule has 2 aromatic rings. The van der Waals surface area contributed by atoms with Crippen LogP contribution in [0.25, 0.3) is 5.69 Å². The number of carbonyl (C=O) groups excluding carboxylic acids is 1. The molecule has 1 aromatic carbocycles. The Morgan fingerprint density at radius 3 is 3.05 bits per heavy atom. The molecule has 102 valence electrons. The molecule has 6 nitrogen and oxygen atoms in total. The zero-order valence-electron chi connectivity index (χ0n) is 10.5. The van der Waals surface area contributed by atoms with Crippen molar-refractivity contribution in [2.24, 2.45) is 5.73 Å². The van der Waals surface area contributed by atoms with Crippen LogP contribution >= 0.6 is 11.6 Å². The second-order valence-corrected chi connectivity index (χ2v) is 4.44. The lowest BCUT2D eigenvalue weighted by Crippen LogP contribution is -2.35. The maximum absolute atomic E-state index is 11.9. The summed E-state index contributed by atoms with van der Waals surface area (Å²) in [6, 6.07) is 4.25. The minimum atomic E-state index is -0.775. The third kappa shape index (κ3) is 3.15. The molecule has 0 saturated carbocycles. The van der Waals surface area contributed by atoms with E-state index in [9.17, 15) is 4.79 Å². The summed E-state index contributed by atoms with van der Waals surface area (Å²) >= 11 is 5.94. The number of terminal acetylenes is 1. The number of rotatable bonds is 4. The number of benzene rings is 1. The highest BCUT2D eigenvalue weighted by atomic mass is 35.5. The minimum Gasteiger partial charge on any atom is -0.323 e. The van der Waals surface area contributed by atoms with E-state index < -0.39 is 6.04 Å². The Bertz CT molecular complexity index is 647. The first-order valence-electron chi connectivity index (χ1n) is 5.76. The summed E-state index contributed by atoms with van der Waals surface area (Å²) < 4.78 is 1.51. The topological polar surface area (TPSA) is 85.8 Å². The first-order chi connectivity index (χ1) is 9.61. The number of anilines is 1. The summed E-state index contributed by atoms with van der Waals surface area (Å²) in [5, 5.41) is 7.19. The van der Waals surface area contributed by atoms with E-state index in [1.54, 1.807) is 18.2 Å². The molecule has 0 aliphatic heterocycles. The van der Waals surface area contributed by atoms with E-state index in [-0.39, 0.29) is 12.3 Å². The molecule has 20 heavy (non-hydrogen) atoms. The molecule has 7 heteroatoms. The van der Waals surface area contributed by atoms with Gasteiger partial charge in [-0.2, -0.15) is 5.10 Å². The summed E-state index contributed by atoms with van der Waals surface area (Å²) in [6.07, 6.45) is 8.20. The first-order valence-corrected chi connectivity index (χ1v) is 6.14. The van der Waals surface area contributed by atoms with Gasteiger partial charge >= 0.3 is 0 Å². The fraction of sp³-hybridized carbons (Fsp3) is 0.154. The summed E-state index contributed by atoms with van der Waals surface area (Å²) in [5.41, 5.74) is 6.78. The van der Waals surface area contributed by atoms with E-state index in [2.05, 4.69) is 21.3 Å². The number of carbonyl (C=O) groups is 1. The minimum absolute atomic E-state index is 0.158. The van der Waals surface area contributed by atoms with Crippen molar-refractivity contribution in [1.82, 2.24) is 14.8 Å². The molecule has 0 saturated heterocycles. The SMILES string of the molecule is C#CCC(N)C(=O)Nc1cc(Cl)ccc1-n1cncn1. The van der Waals surface area contributed by atoms with E-state index in [0.29, 0.717) is 16.4 Å². The van der Waals surface area contributed by atoms with Crippen molar-refractivity contribution in [1.29, 1.82) is 0 Å². The summed E-state index contributed by atoms with van der Waals surface area (Å²) in [5.74, 6) is 1.97. The number of nitrogens with zero attached hydrogens (tertiary/aromatic N) is 3. The van der Waals surface area contributed by atoms with Crippen LogP contribution in [0.15, 0.2) is 30.9 Å². The van der Waals surface area contributed by atoms with Crippen molar-refractivity contribution in [3.63, 3.8) is 0 Å². The number of hydrogen-bond acceptors (Lipinski definition) is 4. The van der Waals surface area contributed by atoms with Crippen LogP contribution in [0.1, 0.15) is 6.42 Å². The average Bonchev–Trinajstić information content (AvgIpc) is 2.93. The van der Waals surface area contributed by atoms with Crippen LogP contribution in [0, 0.1) is 12.3 Å². The van der Waals surface area contributed by atoms with E-state index in [1.807, 2.05) is 0 Å². The Labute approximate surface area is 120 Å². The maximum Gasteiger partial charge on any atom is 0.242 e. The van der Waals surface area contributed by atoms with Crippen molar-refractivity contribution >= 4 is 23.2 Å². The molecule has 0 spiro atoms. The smallest absolute Gasteiger partial charge is 0.242 e. The lowest BCUT2D eigenvalue weighted by atomic mass is 10.2. The fourth-order valence-electron chi connectivity index (χ4n) is 1.59. The Balaban J connectivity index is 2.29. The third-order valence-electron chi connectivity index (χ3n) is 2.56. The van der Waals surface area contributed by atoms with Crippen molar-refractivity contribution in [3.05, 3.63) is 35.9 Å². The Kier molecular flexibility index (Phi) is 4.35. The summed E-state index contributed by atoms with van der Waals surface area (Å²) in [7, 11) is 0. The summed E-state index contributed by atoms with van der Waals surface area (Å²) in [6.45, 7) is 0. The number of halogens is 1. The molecule has 0 aliphatic carbocycles. The lowest BCUT2D eigenvalue weighted by Gasteiger charge is -2.13. The normalized spacial score (nSPS) is 11.7. The molecule has 1 atom stereocenters. The van der Waals surface area contributed by atoms with E-state index in [4.69, 9.17) is 23.8 Å². The molecule has 1 amide bonds. The molecule has 0 aliphatic rings. The van der Waals surface area contributed by atoms with Crippen molar-refractivity contribution < 1.29 is 4.79 Å². The van der Waals surface area contributed by atoms with Crippen LogP contribution in [0.2, 0.25) is 5.02 Å². The Hall–Kier alpha value is -2.36. The van der Waals surface area contributed by atoms with E-state index in [1.165, 1.54) is 17.3 Å². The number of hydrogen-bond donors (Lipinski definition) is 2. The largest absolute Gasteiger partial charge is 0.323 e. The zero-order chi connectivity index (χ0) is 14.5. The molecule has 3 N–H and O–H groups in total. The quantitative estimate of drug-likeness (QED) is 0.829. The van der Waals surface area contributed by atoms with Gasteiger partial charge in [-0.25, -0.2) is 9.67 Å². The van der Waals surface area contributed by atoms with Gasteiger partial charge < -0.3 is 11.1 Å². The van der Waals surface area contributed by atoms with Crippen LogP contribution in [-0.2, 0) is 4.79 Å². The van der Waals surface area contributed by atoms with Crippen LogP contribution in [0.3, 0.4) is 0 Å². The predicted molar refractivity (Wildman–Crippen MR) is 76.4 cm³/mol. The average molecular weight is 290 g/mol. The van der Waals surface area contributed by atoms with Gasteiger partial charge in [0.15, 0.2) is 0 Å². The second-order valence-electron chi connectivity index (χ2n) is 4.01. The van der Waals surface area contributed by atoms with Gasteiger partial charge in [0.1, 0.15) is 12.7 Å². The lowest BCUT2D eigenvalue weighted by molar-refractivity contribution is -0.117. The first kappa shape index (κ1) is 14.1. The molecule has 1 aromatic heterocycles. The van der Waals surface area contributed by atoms with Crippen LogP contribution in [0.4, 0.5) is 5.69 Å². The van der Waals surface area contributed by atoms with Gasteiger partial charge in [0.05, 0.1) is 17.4 Å². The number of nitrogens with two attached hydrogens (primary N) is 1. The molecule has 1 heterocycles. The van der Waals surface area contributed by atoms with Crippen LogP contribution in [0.5, 0.6) is 0 Å². The highest BCUT2D eigenvalue weighted by Gasteiger charge is 2.15. The summed E-state index contributed by atoms with van der Waals surface area (Å²) in [4.78, 5) is 15.8. The fourth-order valence-corrected chi connectivity index (χ4v) is 1.76. The third-order valence-corrected chi connectivity index (χ3v) is 2.79. The molecule has 0 radical (unpaired) electrons. The van der Waals surface area contributed by atoms with Gasteiger partial charge in [-0.15, -0.1) is 12.3 Å². The predicted octanol–water partition coefficient (Wildman–Crippen LogP) is 1.21. The van der Waals surface area contributed by atoms with E-state index in [0.717, 1.165) is 0 Å². The van der Waals surface area contributed by atoms with Crippen molar-refractivity contribution in [2.75, 3.05) is 5.32 Å². The molecule has 1 unspecified atom stereocenters. The highest BCUT2D eigenvalue weighted by Crippen LogP contribution is 2.24. The maximum atomic E-state index is 11.9. The molecule has 0 fully saturated rings. The van der Waals surface area contributed by atoms with Gasteiger partial charge in [0.25, 0.3) is 0 Å². The highest BCUT2D eigenvalue weighted by molar-refractivity contribution is 6.31. The van der Waals surface area contributed by atoms with Gasteiger partial charge in [0, 0.05) is 11.4 Å². The molecular formula is C13H12ClN5O. The number of aromatic nitrogens is 3. The second kappa shape index (κ2) is 6.19. The monoisotopic (exact) mass is 289 g/mol. The molecular weight excluding hydrogens is 278 g/mol. The standard InChI is InChI=1S/C13H12ClN5O/c1-2-3-10(15)13(20)18-11-6-9(14)4-5-12(11)19-8-16-7-17-19/h1,4-8,10H,3,15H2,(H,18,20). The molecule has 2 rings (SSSR count). The van der Waals surface area contributed by atoms with E-state index >= 15 is 0 Å². The van der Waals surface area contributed by atoms with Crippen molar-refractivity contribution in [3.8, 4) is 18.0 Å². The van der Waals surface area contributed by atoms with Gasteiger partial charge in [-0.3, -0.25) is 4.79 Å². The number of nitrogens with one attached hydrogen (secondary N) is 1.